The minimum atomic E-state index is -0.272. The van der Waals surface area contributed by atoms with Crippen molar-refractivity contribution in [1.29, 1.82) is 0 Å². The lowest BCUT2D eigenvalue weighted by molar-refractivity contribution is 0.0930. The highest BCUT2D eigenvalue weighted by molar-refractivity contribution is 8.01. The molecule has 3 heterocycles. The van der Waals surface area contributed by atoms with Crippen LogP contribution in [0.25, 0.3) is 0 Å². The van der Waals surface area contributed by atoms with Gasteiger partial charge in [-0.3, -0.25) is 4.79 Å². The lowest BCUT2D eigenvalue weighted by atomic mass is 9.95. The topological polar surface area (TPSA) is 66.9 Å². The van der Waals surface area contributed by atoms with E-state index in [-0.39, 0.29) is 17.8 Å². The first kappa shape index (κ1) is 15.0. The Hall–Kier alpha value is -1.51. The molecule has 1 aromatic carbocycles. The van der Waals surface area contributed by atoms with Crippen LogP contribution in [-0.4, -0.2) is 34.2 Å². The van der Waals surface area contributed by atoms with Gasteiger partial charge in [-0.2, -0.15) is 0 Å². The van der Waals surface area contributed by atoms with Gasteiger partial charge < -0.3 is 10.6 Å². The van der Waals surface area contributed by atoms with Crippen molar-refractivity contribution >= 4 is 29.0 Å². The summed E-state index contributed by atoms with van der Waals surface area (Å²) in [6, 6.07) is 7.30. The molecule has 0 spiro atoms. The van der Waals surface area contributed by atoms with Crippen LogP contribution in [0.1, 0.15) is 29.1 Å². The van der Waals surface area contributed by atoms with Crippen molar-refractivity contribution in [2.75, 3.05) is 0 Å². The third-order valence-electron chi connectivity index (χ3n) is 4.24. The van der Waals surface area contributed by atoms with E-state index in [2.05, 4.69) is 20.8 Å². The van der Waals surface area contributed by atoms with Crippen molar-refractivity contribution in [2.24, 2.45) is 0 Å². The number of rotatable bonds is 4. The van der Waals surface area contributed by atoms with Crippen molar-refractivity contribution in [3.05, 3.63) is 35.1 Å². The minimum Gasteiger partial charge on any atom is -0.346 e. The Balaban J connectivity index is 1.39. The summed E-state index contributed by atoms with van der Waals surface area (Å²) in [5.41, 5.74) is 0. The Morgan fingerprint density at radius 3 is 2.83 bits per heavy atom. The van der Waals surface area contributed by atoms with Crippen LogP contribution in [0.3, 0.4) is 0 Å². The van der Waals surface area contributed by atoms with Crippen LogP contribution < -0.4 is 10.6 Å². The second-order valence-corrected chi connectivity index (χ2v) is 8.09. The quantitative estimate of drug-likeness (QED) is 0.887. The average Bonchev–Trinajstić information content (AvgIpc) is 3.26. The second kappa shape index (κ2) is 6.18. The van der Waals surface area contributed by atoms with Gasteiger partial charge in [-0.15, -0.1) is 10.2 Å². The highest BCUT2D eigenvalue weighted by atomic mass is 32.2. The fraction of sp³-hybridized carbons (Fsp3) is 0.400. The van der Waals surface area contributed by atoms with E-state index in [1.807, 2.05) is 0 Å². The molecule has 3 atom stereocenters. The molecular weight excluding hydrogens is 335 g/mol. The molecule has 4 rings (SSSR count). The summed E-state index contributed by atoms with van der Waals surface area (Å²) >= 11 is 2.63. The molecule has 8 heteroatoms. The molecular formula is C15H15FN4OS2. The van der Waals surface area contributed by atoms with Crippen LogP contribution in [0, 0.1) is 5.82 Å². The van der Waals surface area contributed by atoms with E-state index in [0.29, 0.717) is 21.4 Å². The molecule has 23 heavy (non-hydrogen) atoms. The molecule has 0 aliphatic carbocycles. The fourth-order valence-electron chi connectivity index (χ4n) is 3.16. The van der Waals surface area contributed by atoms with Crippen molar-refractivity contribution < 1.29 is 9.18 Å². The Labute approximate surface area is 141 Å². The van der Waals surface area contributed by atoms with Gasteiger partial charge in [-0.25, -0.2) is 4.39 Å². The van der Waals surface area contributed by atoms with E-state index in [1.54, 1.807) is 12.1 Å². The smallest absolute Gasteiger partial charge is 0.282 e. The molecule has 2 saturated heterocycles. The van der Waals surface area contributed by atoms with Crippen molar-refractivity contribution in [3.63, 3.8) is 0 Å². The Kier molecular flexibility index (Phi) is 4.04. The largest absolute Gasteiger partial charge is 0.346 e. The monoisotopic (exact) mass is 350 g/mol. The first-order chi connectivity index (χ1) is 11.2. The summed E-state index contributed by atoms with van der Waals surface area (Å²) in [6.45, 7) is 0. The lowest BCUT2D eigenvalue weighted by Crippen LogP contribution is -2.42. The summed E-state index contributed by atoms with van der Waals surface area (Å²) in [4.78, 5) is 13.2. The van der Waals surface area contributed by atoms with E-state index < -0.39 is 0 Å². The number of carbonyl (C=O) groups is 1. The molecule has 1 amide bonds. The van der Waals surface area contributed by atoms with Gasteiger partial charge in [-0.05, 0) is 43.5 Å². The molecule has 5 nitrogen and oxygen atoms in total. The van der Waals surface area contributed by atoms with Crippen LogP contribution in [0.4, 0.5) is 4.39 Å². The van der Waals surface area contributed by atoms with Crippen LogP contribution >= 0.6 is 23.1 Å². The molecule has 2 N–H and O–H groups in total. The number of halogens is 1. The van der Waals surface area contributed by atoms with Gasteiger partial charge in [0.05, 0.1) is 0 Å². The Bertz CT molecular complexity index is 721. The first-order valence-corrected chi connectivity index (χ1v) is 9.14. The average molecular weight is 350 g/mol. The van der Waals surface area contributed by atoms with E-state index >= 15 is 0 Å². The molecule has 0 saturated carbocycles. The number of aromatic nitrogens is 2. The summed E-state index contributed by atoms with van der Waals surface area (Å²) in [6.07, 6.45) is 3.32. The minimum absolute atomic E-state index is 0.159. The molecule has 1 aromatic heterocycles. The van der Waals surface area contributed by atoms with Gasteiger partial charge in [0.1, 0.15) is 5.82 Å². The number of benzene rings is 1. The third-order valence-corrected chi connectivity index (χ3v) is 6.22. The molecule has 3 unspecified atom stereocenters. The number of amides is 1. The maximum Gasteiger partial charge on any atom is 0.282 e. The maximum absolute atomic E-state index is 12.9. The second-order valence-electron chi connectivity index (χ2n) is 5.79. The molecule has 120 valence electrons. The number of nitrogens with zero attached hydrogens (tertiary/aromatic N) is 2. The predicted octanol–water partition coefficient (Wildman–Crippen LogP) is 2.45. The highest BCUT2D eigenvalue weighted by Crippen LogP contribution is 2.31. The molecule has 2 bridgehead atoms. The number of carbonyl (C=O) groups excluding carboxylic acids is 1. The Morgan fingerprint density at radius 1 is 1.30 bits per heavy atom. The van der Waals surface area contributed by atoms with Gasteiger partial charge in [0.15, 0.2) is 4.34 Å². The van der Waals surface area contributed by atoms with Gasteiger partial charge in [0.2, 0.25) is 5.01 Å². The lowest BCUT2D eigenvalue weighted by Gasteiger charge is -2.20. The maximum atomic E-state index is 12.9. The molecule has 2 fully saturated rings. The molecule has 2 aliphatic rings. The summed E-state index contributed by atoms with van der Waals surface area (Å²) in [5, 5.41) is 14.9. The van der Waals surface area contributed by atoms with E-state index in [4.69, 9.17) is 0 Å². The van der Waals surface area contributed by atoms with E-state index in [1.165, 1.54) is 41.7 Å². The standard InChI is InChI=1S/C15H15FN4OS2/c16-8-1-4-10(5-2-8)22-15-20-19-14(23-15)13(21)18-12-7-9-3-6-11(12)17-9/h1-2,4-5,9,11-12,17H,3,6-7H2,(H,18,21). The van der Waals surface area contributed by atoms with Gasteiger partial charge in [-0.1, -0.05) is 23.1 Å². The number of nitrogens with one attached hydrogen (secondary N) is 2. The molecule has 2 aromatic rings. The van der Waals surface area contributed by atoms with Crippen molar-refractivity contribution in [3.8, 4) is 0 Å². The SMILES string of the molecule is O=C(NC1CC2CCC1N2)c1nnc(Sc2ccc(F)cc2)s1. The fourth-order valence-corrected chi connectivity index (χ4v) is 4.89. The van der Waals surface area contributed by atoms with Crippen LogP contribution in [0.15, 0.2) is 33.5 Å². The highest BCUT2D eigenvalue weighted by Gasteiger charge is 2.40. The van der Waals surface area contributed by atoms with Gasteiger partial charge in [0.25, 0.3) is 5.91 Å². The van der Waals surface area contributed by atoms with Crippen LogP contribution in [-0.2, 0) is 0 Å². The van der Waals surface area contributed by atoms with E-state index in [9.17, 15) is 9.18 Å². The van der Waals surface area contributed by atoms with Gasteiger partial charge >= 0.3 is 0 Å². The predicted molar refractivity (Wildman–Crippen MR) is 86.2 cm³/mol. The first-order valence-electron chi connectivity index (χ1n) is 7.51. The normalized spacial score (nSPS) is 25.7. The van der Waals surface area contributed by atoms with Gasteiger partial charge in [0, 0.05) is 23.0 Å². The zero-order valence-corrected chi connectivity index (χ0v) is 13.8. The molecule has 2 aliphatic heterocycles. The van der Waals surface area contributed by atoms with Crippen molar-refractivity contribution in [1.82, 2.24) is 20.8 Å². The van der Waals surface area contributed by atoms with Crippen LogP contribution in [0.5, 0.6) is 0 Å². The summed E-state index contributed by atoms with van der Waals surface area (Å²) in [7, 11) is 0. The zero-order chi connectivity index (χ0) is 15.8. The summed E-state index contributed by atoms with van der Waals surface area (Å²) < 4.78 is 13.6. The number of hydrogen-bond acceptors (Lipinski definition) is 6. The third kappa shape index (κ3) is 3.24. The zero-order valence-electron chi connectivity index (χ0n) is 12.2. The van der Waals surface area contributed by atoms with E-state index in [0.717, 1.165) is 17.7 Å². The summed E-state index contributed by atoms with van der Waals surface area (Å²) in [5.74, 6) is -0.432. The van der Waals surface area contributed by atoms with Crippen LogP contribution in [0.2, 0.25) is 0 Å². The van der Waals surface area contributed by atoms with Crippen molar-refractivity contribution in [2.45, 2.75) is 46.6 Å². The Morgan fingerprint density at radius 2 is 2.13 bits per heavy atom. The number of hydrogen-bond donors (Lipinski definition) is 2. The number of fused-ring (bicyclic) bond motifs is 2. The molecule has 0 radical (unpaired) electrons.